The largest absolute Gasteiger partial charge is 0.114 e. The van der Waals surface area contributed by atoms with Crippen LogP contribution in [0.3, 0.4) is 0 Å². The van der Waals surface area contributed by atoms with Crippen molar-refractivity contribution in [2.45, 2.75) is 61.5 Å². The van der Waals surface area contributed by atoms with Gasteiger partial charge in [-0.2, -0.15) is 0 Å². The molecule has 0 nitrogen and oxygen atoms in total. The van der Waals surface area contributed by atoms with E-state index >= 15 is 0 Å². The highest BCUT2D eigenvalue weighted by molar-refractivity contribution is 8.45. The summed E-state index contributed by atoms with van der Waals surface area (Å²) in [6, 6.07) is 0. The molecular formula is C16H20S8. The van der Waals surface area contributed by atoms with Crippen LogP contribution in [-0.2, 0) is 0 Å². The third kappa shape index (κ3) is 4.36. The van der Waals surface area contributed by atoms with E-state index in [4.69, 9.17) is 0 Å². The molecule has 0 radical (unpaired) electrons. The molecule has 24 heavy (non-hydrogen) atoms. The number of rotatable bonds is 0. The molecule has 8 heteroatoms. The molecule has 0 N–H and O–H groups in total. The van der Waals surface area contributed by atoms with E-state index < -0.39 is 0 Å². The summed E-state index contributed by atoms with van der Waals surface area (Å²) < 4.78 is 9.32. The fourth-order valence-corrected chi connectivity index (χ4v) is 16.7. The number of hydrogen-bond donors (Lipinski definition) is 0. The first-order valence-corrected chi connectivity index (χ1v) is 14.9. The lowest BCUT2D eigenvalue weighted by molar-refractivity contribution is 0.808. The van der Waals surface area contributed by atoms with Gasteiger partial charge in [0.15, 0.2) is 0 Å². The maximum Gasteiger partial charge on any atom is 0.0717 e. The van der Waals surface area contributed by atoms with Gasteiger partial charge < -0.3 is 0 Å². The predicted molar refractivity (Wildman–Crippen MR) is 129 cm³/mol. The minimum absolute atomic E-state index is 0.740. The van der Waals surface area contributed by atoms with Crippen molar-refractivity contribution < 1.29 is 0 Å². The Hall–Kier alpha value is 2.02. The van der Waals surface area contributed by atoms with Gasteiger partial charge in [0.05, 0.1) is 25.4 Å². The molecule has 0 unspecified atom stereocenters. The molecule has 0 fully saturated rings. The Labute approximate surface area is 179 Å². The second-order valence-corrected chi connectivity index (χ2v) is 17.7. The van der Waals surface area contributed by atoms with Crippen LogP contribution >= 0.6 is 94.1 Å². The van der Waals surface area contributed by atoms with Crippen molar-refractivity contribution in [1.29, 1.82) is 0 Å². The summed E-state index contributed by atoms with van der Waals surface area (Å²) in [5.74, 6) is 0. The molecule has 0 aromatic carbocycles. The summed E-state index contributed by atoms with van der Waals surface area (Å²) >= 11 is 16.6. The second-order valence-electron chi connectivity index (χ2n) is 6.32. The quantitative estimate of drug-likeness (QED) is 0.342. The van der Waals surface area contributed by atoms with Gasteiger partial charge in [0.1, 0.15) is 0 Å². The summed E-state index contributed by atoms with van der Waals surface area (Å²) in [7, 11) is 0. The molecule has 0 saturated heterocycles. The van der Waals surface area contributed by atoms with Gasteiger partial charge in [0.25, 0.3) is 0 Å². The molecule has 4 aliphatic rings. The standard InChI is InChI=1S/C16H20S8/c1-7-5-8(2)18-12-11(17-7)21-15(22-12)16-23-13-14(24-16)20-10(4)6-9(3)19-13/h7-10H,5-6H2,1-4H3/t7-,8-,9-,10-/m0/s1. The zero-order chi connectivity index (χ0) is 16.8. The Morgan fingerprint density at radius 2 is 0.708 bits per heavy atom. The third-order valence-corrected chi connectivity index (χ3v) is 15.7. The fraction of sp³-hybridized carbons (Fsp3) is 0.625. The predicted octanol–water partition coefficient (Wildman–Crippen LogP) is 8.62. The summed E-state index contributed by atoms with van der Waals surface area (Å²) in [4.78, 5) is 0. The maximum absolute atomic E-state index is 2.38. The highest BCUT2D eigenvalue weighted by Crippen LogP contribution is 2.68. The zero-order valence-electron chi connectivity index (χ0n) is 14.0. The zero-order valence-corrected chi connectivity index (χ0v) is 20.5. The van der Waals surface area contributed by atoms with Crippen LogP contribution in [0, 0.1) is 0 Å². The Morgan fingerprint density at radius 1 is 0.458 bits per heavy atom. The van der Waals surface area contributed by atoms with Gasteiger partial charge in [-0.1, -0.05) is 74.7 Å². The van der Waals surface area contributed by atoms with Crippen LogP contribution in [0.25, 0.3) is 0 Å². The van der Waals surface area contributed by atoms with Crippen molar-refractivity contribution in [1.82, 2.24) is 0 Å². The fourth-order valence-electron chi connectivity index (χ4n) is 2.86. The van der Waals surface area contributed by atoms with Gasteiger partial charge >= 0.3 is 0 Å². The molecule has 132 valence electrons. The average molecular weight is 469 g/mol. The van der Waals surface area contributed by atoms with Crippen LogP contribution in [0.5, 0.6) is 0 Å². The summed E-state index contributed by atoms with van der Waals surface area (Å²) in [5, 5.41) is 2.96. The molecule has 4 rings (SSSR count). The number of thioether (sulfide) groups is 8. The lowest BCUT2D eigenvalue weighted by Gasteiger charge is -2.14. The molecular weight excluding hydrogens is 449 g/mol. The van der Waals surface area contributed by atoms with Crippen LogP contribution in [0.1, 0.15) is 40.5 Å². The first-order valence-electron chi connectivity index (χ1n) is 8.08. The molecule has 0 spiro atoms. The van der Waals surface area contributed by atoms with Crippen LogP contribution in [0.2, 0.25) is 0 Å². The van der Waals surface area contributed by atoms with E-state index in [9.17, 15) is 0 Å². The number of hydrogen-bond acceptors (Lipinski definition) is 8. The topological polar surface area (TPSA) is 0 Å². The van der Waals surface area contributed by atoms with Crippen molar-refractivity contribution in [3.63, 3.8) is 0 Å². The van der Waals surface area contributed by atoms with Crippen molar-refractivity contribution >= 4 is 94.1 Å². The smallest absolute Gasteiger partial charge is 0.0717 e. The van der Waals surface area contributed by atoms with Gasteiger partial charge in [0, 0.05) is 21.0 Å². The van der Waals surface area contributed by atoms with E-state index in [-0.39, 0.29) is 0 Å². The lowest BCUT2D eigenvalue weighted by Crippen LogP contribution is -2.03. The van der Waals surface area contributed by atoms with Crippen molar-refractivity contribution in [2.75, 3.05) is 0 Å². The van der Waals surface area contributed by atoms with Gasteiger partial charge in [0.2, 0.25) is 0 Å². The van der Waals surface area contributed by atoms with Crippen LogP contribution in [0.4, 0.5) is 0 Å². The Balaban J connectivity index is 1.51. The van der Waals surface area contributed by atoms with E-state index in [0.29, 0.717) is 0 Å². The van der Waals surface area contributed by atoms with E-state index in [1.165, 1.54) is 21.3 Å². The van der Waals surface area contributed by atoms with Crippen LogP contribution in [0.15, 0.2) is 25.4 Å². The molecule has 0 aliphatic carbocycles. The highest BCUT2D eigenvalue weighted by atomic mass is 32.3. The SMILES string of the molecule is C[C@H]1C[C@H](C)SC2=C(SC(=C3SC4=C(S3)S[C@@H](C)C[C@H](C)S4)S2)S1. The minimum atomic E-state index is 0.740. The summed E-state index contributed by atoms with van der Waals surface area (Å²) in [6.07, 6.45) is 2.63. The molecule has 0 bridgehead atoms. The van der Waals surface area contributed by atoms with Gasteiger partial charge in [-0.05, 0) is 12.8 Å². The Bertz CT molecular complexity index is 532. The highest BCUT2D eigenvalue weighted by Gasteiger charge is 2.35. The monoisotopic (exact) mass is 468 g/mol. The van der Waals surface area contributed by atoms with E-state index in [2.05, 4.69) is 74.7 Å². The first-order chi connectivity index (χ1) is 11.5. The maximum atomic E-state index is 2.38. The average Bonchev–Trinajstić information content (AvgIpc) is 2.96. The van der Waals surface area contributed by atoms with E-state index in [0.717, 1.165) is 21.0 Å². The second kappa shape index (κ2) is 8.18. The van der Waals surface area contributed by atoms with Crippen molar-refractivity contribution in [3.8, 4) is 0 Å². The molecule has 4 atom stereocenters. The molecule has 0 aromatic heterocycles. The van der Waals surface area contributed by atoms with Crippen molar-refractivity contribution in [2.24, 2.45) is 0 Å². The molecule has 4 heterocycles. The van der Waals surface area contributed by atoms with E-state index in [1.54, 1.807) is 16.9 Å². The van der Waals surface area contributed by atoms with Crippen molar-refractivity contribution in [3.05, 3.63) is 25.4 Å². The Morgan fingerprint density at radius 3 is 0.958 bits per heavy atom. The molecule has 0 amide bonds. The van der Waals surface area contributed by atoms with Gasteiger partial charge in [-0.15, -0.1) is 47.0 Å². The van der Waals surface area contributed by atoms with Crippen LogP contribution in [-0.4, -0.2) is 21.0 Å². The molecule has 0 aromatic rings. The first kappa shape index (κ1) is 19.3. The summed E-state index contributed by atoms with van der Waals surface area (Å²) in [5.41, 5.74) is 0. The minimum Gasteiger partial charge on any atom is -0.114 e. The molecule has 0 saturated carbocycles. The third-order valence-electron chi connectivity index (χ3n) is 3.80. The van der Waals surface area contributed by atoms with Crippen LogP contribution < -0.4 is 0 Å². The molecule has 4 aliphatic heterocycles. The van der Waals surface area contributed by atoms with Gasteiger partial charge in [-0.25, -0.2) is 0 Å². The van der Waals surface area contributed by atoms with Gasteiger partial charge in [-0.3, -0.25) is 0 Å². The Kier molecular flexibility index (Phi) is 6.59. The van der Waals surface area contributed by atoms with E-state index in [1.807, 2.05) is 47.0 Å². The summed E-state index contributed by atoms with van der Waals surface area (Å²) in [6.45, 7) is 9.53. The lowest BCUT2D eigenvalue weighted by atomic mass is 10.3. The normalized spacial score (nSPS) is 37.5.